The van der Waals surface area contributed by atoms with Crippen LogP contribution in [0, 0.1) is 0 Å². The van der Waals surface area contributed by atoms with E-state index in [9.17, 15) is 0 Å². The van der Waals surface area contributed by atoms with E-state index in [4.69, 9.17) is 4.98 Å². The van der Waals surface area contributed by atoms with Crippen LogP contribution in [0.2, 0.25) is 0 Å². The van der Waals surface area contributed by atoms with E-state index in [1.807, 2.05) is 0 Å². The quantitative estimate of drug-likeness (QED) is 0.227. The van der Waals surface area contributed by atoms with Crippen LogP contribution in [0.25, 0.3) is 22.6 Å². The summed E-state index contributed by atoms with van der Waals surface area (Å²) in [6, 6.07) is 27.3. The maximum Gasteiger partial charge on any atom is 0.141 e. The number of piperidine rings is 1. The number of aryl methyl sites for hydroxylation is 3. The minimum atomic E-state index is 0.456. The molecular weight excluding hydrogens is 462 g/mol. The molecule has 0 spiro atoms. The summed E-state index contributed by atoms with van der Waals surface area (Å²) < 4.78 is 2.53. The van der Waals surface area contributed by atoms with Crippen molar-refractivity contribution in [1.82, 2.24) is 14.5 Å². The highest BCUT2D eigenvalue weighted by Crippen LogP contribution is 2.38. The van der Waals surface area contributed by atoms with E-state index in [2.05, 4.69) is 110 Å². The van der Waals surface area contributed by atoms with Crippen molar-refractivity contribution < 1.29 is 0 Å². The summed E-state index contributed by atoms with van der Waals surface area (Å²) in [5, 5.41) is 0. The number of aromatic nitrogens is 2. The summed E-state index contributed by atoms with van der Waals surface area (Å²) >= 11 is 0. The Balaban J connectivity index is 1.70. The fourth-order valence-corrected chi connectivity index (χ4v) is 6.41. The van der Waals surface area contributed by atoms with Crippen LogP contribution in [-0.2, 0) is 32.4 Å². The Labute approximate surface area is 229 Å². The lowest BCUT2D eigenvalue weighted by atomic mass is 9.94. The summed E-state index contributed by atoms with van der Waals surface area (Å²) in [6.07, 6.45) is 6.80. The molecule has 1 unspecified atom stereocenters. The number of nitrogens with zero attached hydrogens (tertiary/aromatic N) is 3. The van der Waals surface area contributed by atoms with Gasteiger partial charge in [0.05, 0.1) is 11.4 Å². The van der Waals surface area contributed by atoms with E-state index in [-0.39, 0.29) is 0 Å². The SMILES string of the molecule is CCc1ccccc1-c1nc(-c2c(CC)cccc2CC)n(CC)c1CN1CCCCC1c1ccccc1. The Bertz CT molecular complexity index is 1330. The number of hydrogen-bond acceptors (Lipinski definition) is 2. The third-order valence-corrected chi connectivity index (χ3v) is 8.42. The monoisotopic (exact) mass is 505 g/mol. The van der Waals surface area contributed by atoms with Crippen LogP contribution in [-0.4, -0.2) is 21.0 Å². The number of hydrogen-bond donors (Lipinski definition) is 0. The molecule has 0 aliphatic carbocycles. The average molecular weight is 506 g/mol. The van der Waals surface area contributed by atoms with Gasteiger partial charge < -0.3 is 4.57 Å². The van der Waals surface area contributed by atoms with Crippen molar-refractivity contribution in [2.24, 2.45) is 0 Å². The van der Waals surface area contributed by atoms with E-state index >= 15 is 0 Å². The highest BCUT2D eigenvalue weighted by Gasteiger charge is 2.29. The Morgan fingerprint density at radius 2 is 1.39 bits per heavy atom. The first-order valence-electron chi connectivity index (χ1n) is 14.8. The van der Waals surface area contributed by atoms with E-state index in [1.165, 1.54) is 64.0 Å². The Kier molecular flexibility index (Phi) is 8.44. The minimum absolute atomic E-state index is 0.456. The lowest BCUT2D eigenvalue weighted by molar-refractivity contribution is 0.137. The lowest BCUT2D eigenvalue weighted by Crippen LogP contribution is -2.33. The van der Waals surface area contributed by atoms with Crippen molar-refractivity contribution in [3.8, 4) is 22.6 Å². The first-order chi connectivity index (χ1) is 18.7. The molecule has 1 fully saturated rings. The standard InChI is InChI=1S/C35H43N3/c1-5-26-17-12-13-22-30(26)34-32(25-37-24-15-14-23-31(37)29-18-10-9-11-19-29)38(8-4)35(36-34)33-27(6-2)20-16-21-28(33)7-3/h9-13,16-22,31H,5-8,14-15,23-25H2,1-4H3. The molecule has 1 saturated heterocycles. The molecule has 38 heavy (non-hydrogen) atoms. The van der Waals surface area contributed by atoms with E-state index < -0.39 is 0 Å². The predicted molar refractivity (Wildman–Crippen MR) is 160 cm³/mol. The number of imidazole rings is 1. The van der Waals surface area contributed by atoms with Crippen LogP contribution in [0.4, 0.5) is 0 Å². The number of rotatable bonds is 9. The van der Waals surface area contributed by atoms with Gasteiger partial charge in [0.1, 0.15) is 5.82 Å². The van der Waals surface area contributed by atoms with Gasteiger partial charge in [0.25, 0.3) is 0 Å². The van der Waals surface area contributed by atoms with Gasteiger partial charge in [0.15, 0.2) is 0 Å². The molecule has 3 aromatic carbocycles. The van der Waals surface area contributed by atoms with Crippen LogP contribution in [0.5, 0.6) is 0 Å². The minimum Gasteiger partial charge on any atom is -0.327 e. The Morgan fingerprint density at radius 3 is 2.08 bits per heavy atom. The second-order valence-electron chi connectivity index (χ2n) is 10.5. The van der Waals surface area contributed by atoms with E-state index in [0.29, 0.717) is 6.04 Å². The first-order valence-corrected chi connectivity index (χ1v) is 14.8. The van der Waals surface area contributed by atoms with Gasteiger partial charge >= 0.3 is 0 Å². The van der Waals surface area contributed by atoms with Gasteiger partial charge in [-0.3, -0.25) is 4.90 Å². The Hall–Kier alpha value is -3.17. The van der Waals surface area contributed by atoms with Gasteiger partial charge in [0.2, 0.25) is 0 Å². The normalized spacial score (nSPS) is 16.2. The van der Waals surface area contributed by atoms with Crippen molar-refractivity contribution in [2.45, 2.75) is 85.4 Å². The molecule has 2 heterocycles. The molecule has 3 heteroatoms. The fourth-order valence-electron chi connectivity index (χ4n) is 6.41. The van der Waals surface area contributed by atoms with E-state index in [0.717, 1.165) is 44.7 Å². The van der Waals surface area contributed by atoms with E-state index in [1.54, 1.807) is 0 Å². The second kappa shape index (κ2) is 12.1. The molecule has 1 aliphatic rings. The molecule has 1 atom stereocenters. The summed E-state index contributed by atoms with van der Waals surface area (Å²) in [5.74, 6) is 1.14. The maximum atomic E-state index is 5.55. The molecular formula is C35H43N3. The molecule has 3 nitrogen and oxygen atoms in total. The first kappa shape index (κ1) is 26.4. The highest BCUT2D eigenvalue weighted by molar-refractivity contribution is 5.74. The molecule has 0 saturated carbocycles. The topological polar surface area (TPSA) is 21.1 Å². The van der Waals surface area contributed by atoms with Crippen LogP contribution in [0.15, 0.2) is 72.8 Å². The second-order valence-corrected chi connectivity index (χ2v) is 10.5. The number of benzene rings is 3. The van der Waals surface area contributed by atoms with Crippen molar-refractivity contribution >= 4 is 0 Å². The zero-order valence-electron chi connectivity index (χ0n) is 23.7. The summed E-state index contributed by atoms with van der Waals surface area (Å²) in [5.41, 5.74) is 10.8. The summed E-state index contributed by atoms with van der Waals surface area (Å²) in [4.78, 5) is 8.27. The van der Waals surface area contributed by atoms with Gasteiger partial charge in [-0.2, -0.15) is 0 Å². The average Bonchev–Trinajstić information content (AvgIpc) is 3.34. The Morgan fingerprint density at radius 1 is 0.737 bits per heavy atom. The van der Waals surface area contributed by atoms with Crippen molar-refractivity contribution in [2.75, 3.05) is 6.54 Å². The third-order valence-electron chi connectivity index (χ3n) is 8.42. The van der Waals surface area contributed by atoms with Gasteiger partial charge in [-0.25, -0.2) is 4.98 Å². The summed E-state index contributed by atoms with van der Waals surface area (Å²) in [6.45, 7) is 12.0. The molecule has 4 aromatic rings. The molecule has 0 N–H and O–H groups in total. The van der Waals surface area contributed by atoms with Crippen LogP contribution >= 0.6 is 0 Å². The van der Waals surface area contributed by atoms with Gasteiger partial charge in [-0.15, -0.1) is 0 Å². The molecule has 1 aliphatic heterocycles. The van der Waals surface area contributed by atoms with Crippen molar-refractivity contribution in [3.05, 3.63) is 101 Å². The van der Waals surface area contributed by atoms with Gasteiger partial charge in [-0.05, 0) is 67.8 Å². The largest absolute Gasteiger partial charge is 0.327 e. The smallest absolute Gasteiger partial charge is 0.141 e. The van der Waals surface area contributed by atoms with Crippen LogP contribution in [0.1, 0.15) is 80.9 Å². The summed E-state index contributed by atoms with van der Waals surface area (Å²) in [7, 11) is 0. The molecule has 0 amide bonds. The van der Waals surface area contributed by atoms with Crippen molar-refractivity contribution in [3.63, 3.8) is 0 Å². The van der Waals surface area contributed by atoms with Crippen LogP contribution < -0.4 is 0 Å². The number of likely N-dealkylation sites (tertiary alicyclic amines) is 1. The highest BCUT2D eigenvalue weighted by atomic mass is 15.2. The molecule has 198 valence electrons. The van der Waals surface area contributed by atoms with Crippen molar-refractivity contribution in [1.29, 1.82) is 0 Å². The molecule has 5 rings (SSSR count). The maximum absolute atomic E-state index is 5.55. The van der Waals surface area contributed by atoms with Crippen LogP contribution in [0.3, 0.4) is 0 Å². The molecule has 1 aromatic heterocycles. The zero-order chi connectivity index (χ0) is 26.5. The predicted octanol–water partition coefficient (Wildman–Crippen LogP) is 8.65. The molecule has 0 radical (unpaired) electrons. The van der Waals surface area contributed by atoms with Gasteiger partial charge in [-0.1, -0.05) is 100.0 Å². The zero-order valence-corrected chi connectivity index (χ0v) is 23.7. The molecule has 0 bridgehead atoms. The lowest BCUT2D eigenvalue weighted by Gasteiger charge is -2.36. The van der Waals surface area contributed by atoms with Gasteiger partial charge in [0, 0.05) is 30.3 Å². The fraction of sp³-hybridized carbons (Fsp3) is 0.400. The third kappa shape index (κ3) is 5.09.